The van der Waals surface area contributed by atoms with E-state index in [4.69, 9.17) is 0 Å². The highest BCUT2D eigenvalue weighted by Gasteiger charge is 2.24. The van der Waals surface area contributed by atoms with Crippen LogP contribution >= 0.6 is 0 Å². The van der Waals surface area contributed by atoms with Gasteiger partial charge in [0.2, 0.25) is 0 Å². The lowest BCUT2D eigenvalue weighted by atomic mass is 10.1. The number of carbonyl (C=O) groups is 1. The highest BCUT2D eigenvalue weighted by Crippen LogP contribution is 2.29. The molecule has 4 nitrogen and oxygen atoms in total. The normalized spacial score (nSPS) is 16.7. The molecule has 6 heteroatoms. The fourth-order valence-electron chi connectivity index (χ4n) is 3.56. The zero-order valence-corrected chi connectivity index (χ0v) is 14.7. The maximum Gasteiger partial charge on any atom is 0.251 e. The zero-order chi connectivity index (χ0) is 18.8. The van der Waals surface area contributed by atoms with Gasteiger partial charge in [0.25, 0.3) is 5.91 Å². The summed E-state index contributed by atoms with van der Waals surface area (Å²) in [6.07, 6.45) is 2.74. The van der Waals surface area contributed by atoms with Gasteiger partial charge in [0.05, 0.1) is 5.52 Å². The quantitative estimate of drug-likeness (QED) is 0.764. The van der Waals surface area contributed by atoms with Crippen molar-refractivity contribution in [3.8, 4) is 0 Å². The summed E-state index contributed by atoms with van der Waals surface area (Å²) < 4.78 is 26.3. The van der Waals surface area contributed by atoms with Gasteiger partial charge in [0.15, 0.2) is 11.6 Å². The van der Waals surface area contributed by atoms with Crippen LogP contribution in [-0.2, 0) is 0 Å². The number of hydrogen-bond donors (Lipinski definition) is 1. The predicted molar refractivity (Wildman–Crippen MR) is 101 cm³/mol. The maximum atomic E-state index is 13.3. The van der Waals surface area contributed by atoms with Crippen molar-refractivity contribution in [2.75, 3.05) is 24.5 Å². The zero-order valence-electron chi connectivity index (χ0n) is 14.7. The van der Waals surface area contributed by atoms with Crippen molar-refractivity contribution in [3.63, 3.8) is 0 Å². The van der Waals surface area contributed by atoms with E-state index in [2.05, 4.69) is 27.3 Å². The van der Waals surface area contributed by atoms with Gasteiger partial charge in [-0.25, -0.2) is 8.78 Å². The lowest BCUT2D eigenvalue weighted by Gasteiger charge is -2.20. The number of carbonyl (C=O) groups excluding carboxylic acids is 1. The molecule has 1 aliphatic heterocycles. The van der Waals surface area contributed by atoms with Crippen LogP contribution in [0.4, 0.5) is 14.5 Å². The van der Waals surface area contributed by atoms with Crippen LogP contribution in [0.1, 0.15) is 16.8 Å². The molecule has 0 unspecified atom stereocenters. The number of aromatic nitrogens is 1. The van der Waals surface area contributed by atoms with E-state index < -0.39 is 11.6 Å². The molecule has 27 heavy (non-hydrogen) atoms. The third-order valence-corrected chi connectivity index (χ3v) is 4.98. The number of nitrogens with zero attached hydrogens (tertiary/aromatic N) is 2. The Morgan fingerprint density at radius 3 is 2.89 bits per heavy atom. The lowest BCUT2D eigenvalue weighted by molar-refractivity contribution is 0.0947. The number of nitrogens with one attached hydrogen (secondary N) is 1. The number of anilines is 1. The molecule has 0 radical (unpaired) electrons. The van der Waals surface area contributed by atoms with Crippen LogP contribution in [0.15, 0.2) is 54.7 Å². The molecule has 1 aliphatic rings. The van der Waals surface area contributed by atoms with Gasteiger partial charge >= 0.3 is 0 Å². The van der Waals surface area contributed by atoms with E-state index in [0.717, 1.165) is 48.2 Å². The molecule has 1 atom stereocenters. The van der Waals surface area contributed by atoms with Crippen molar-refractivity contribution in [3.05, 3.63) is 71.9 Å². The number of amides is 1. The molecule has 4 rings (SSSR count). The molecular formula is C21H19F2N3O. The molecule has 1 saturated heterocycles. The van der Waals surface area contributed by atoms with Crippen LogP contribution in [-0.4, -0.2) is 30.5 Å². The fourth-order valence-corrected chi connectivity index (χ4v) is 3.56. The van der Waals surface area contributed by atoms with Crippen molar-refractivity contribution >= 4 is 22.5 Å². The summed E-state index contributed by atoms with van der Waals surface area (Å²) in [5, 5.41) is 3.95. The largest absolute Gasteiger partial charge is 0.371 e. The molecule has 1 fully saturated rings. The molecule has 2 heterocycles. The molecule has 1 amide bonds. The lowest BCUT2D eigenvalue weighted by Crippen LogP contribution is -2.31. The second-order valence-electron chi connectivity index (χ2n) is 6.79. The van der Waals surface area contributed by atoms with Crippen LogP contribution in [0.3, 0.4) is 0 Å². The van der Waals surface area contributed by atoms with Crippen LogP contribution in [0.2, 0.25) is 0 Å². The van der Waals surface area contributed by atoms with E-state index in [9.17, 15) is 13.6 Å². The highest BCUT2D eigenvalue weighted by molar-refractivity contribution is 5.94. The first-order chi connectivity index (χ1) is 13.1. The summed E-state index contributed by atoms with van der Waals surface area (Å²) in [6.45, 7) is 2.23. The topological polar surface area (TPSA) is 45.2 Å². The number of hydrogen-bond acceptors (Lipinski definition) is 3. The Kier molecular flexibility index (Phi) is 4.71. The number of halogens is 2. The Morgan fingerprint density at radius 2 is 2.04 bits per heavy atom. The third kappa shape index (κ3) is 3.60. The average molecular weight is 367 g/mol. The van der Waals surface area contributed by atoms with Crippen molar-refractivity contribution < 1.29 is 13.6 Å². The van der Waals surface area contributed by atoms with E-state index in [1.165, 1.54) is 6.07 Å². The second-order valence-corrected chi connectivity index (χ2v) is 6.79. The third-order valence-electron chi connectivity index (χ3n) is 4.98. The summed E-state index contributed by atoms with van der Waals surface area (Å²) in [4.78, 5) is 18.9. The first-order valence-electron chi connectivity index (χ1n) is 8.94. The minimum absolute atomic E-state index is 0.129. The monoisotopic (exact) mass is 367 g/mol. The van der Waals surface area contributed by atoms with Gasteiger partial charge in [0.1, 0.15) is 0 Å². The first kappa shape index (κ1) is 17.4. The smallest absolute Gasteiger partial charge is 0.251 e. The summed E-state index contributed by atoms with van der Waals surface area (Å²) in [5.74, 6) is -2.06. The van der Waals surface area contributed by atoms with E-state index in [1.807, 2.05) is 18.2 Å². The van der Waals surface area contributed by atoms with Crippen molar-refractivity contribution in [2.24, 2.45) is 5.92 Å². The van der Waals surface area contributed by atoms with Gasteiger partial charge in [-0.05, 0) is 54.8 Å². The van der Waals surface area contributed by atoms with Crippen LogP contribution in [0.25, 0.3) is 10.9 Å². The van der Waals surface area contributed by atoms with Gasteiger partial charge in [0, 0.05) is 42.5 Å². The number of rotatable bonds is 4. The molecule has 3 aromatic rings. The summed E-state index contributed by atoms with van der Waals surface area (Å²) in [6, 6.07) is 13.3. The molecule has 138 valence electrons. The highest BCUT2D eigenvalue weighted by atomic mass is 19.2. The molecular weight excluding hydrogens is 348 g/mol. The Balaban J connectivity index is 1.39. The Labute approximate surface area is 155 Å². The Bertz CT molecular complexity index is 987. The van der Waals surface area contributed by atoms with Gasteiger partial charge in [-0.2, -0.15) is 0 Å². The molecule has 0 aliphatic carbocycles. The van der Waals surface area contributed by atoms with Crippen LogP contribution < -0.4 is 10.2 Å². The molecule has 1 aromatic heterocycles. The minimum atomic E-state index is -1.01. The van der Waals surface area contributed by atoms with E-state index in [0.29, 0.717) is 12.5 Å². The number of fused-ring (bicyclic) bond motifs is 1. The maximum absolute atomic E-state index is 13.3. The average Bonchev–Trinajstić information content (AvgIpc) is 3.16. The molecule has 1 N–H and O–H groups in total. The van der Waals surface area contributed by atoms with Gasteiger partial charge in [-0.3, -0.25) is 9.78 Å². The SMILES string of the molecule is O=C(NC[C@H]1CCN(c2cccc3ncccc23)C1)c1ccc(F)c(F)c1. The Morgan fingerprint density at radius 1 is 1.15 bits per heavy atom. The van der Waals surface area contributed by atoms with E-state index >= 15 is 0 Å². The van der Waals surface area contributed by atoms with Crippen LogP contribution in [0.5, 0.6) is 0 Å². The van der Waals surface area contributed by atoms with Gasteiger partial charge < -0.3 is 10.2 Å². The standard InChI is InChI=1S/C21H19F2N3O/c22-17-7-6-15(11-18(17)23)21(27)25-12-14-8-10-26(13-14)20-5-1-4-19-16(20)3-2-9-24-19/h1-7,9,11,14H,8,10,12-13H2,(H,25,27)/t14-/m1/s1. The second kappa shape index (κ2) is 7.31. The molecule has 0 bridgehead atoms. The van der Waals surface area contributed by atoms with E-state index in [1.54, 1.807) is 6.20 Å². The summed E-state index contributed by atoms with van der Waals surface area (Å²) in [5.41, 5.74) is 2.24. The minimum Gasteiger partial charge on any atom is -0.371 e. The van der Waals surface area contributed by atoms with Crippen molar-refractivity contribution in [2.45, 2.75) is 6.42 Å². The number of benzene rings is 2. The fraction of sp³-hybridized carbons (Fsp3) is 0.238. The van der Waals surface area contributed by atoms with Crippen LogP contribution in [0, 0.1) is 17.6 Å². The van der Waals surface area contributed by atoms with E-state index in [-0.39, 0.29) is 11.5 Å². The molecule has 0 spiro atoms. The predicted octanol–water partition coefficient (Wildman–Crippen LogP) is 3.77. The molecule has 0 saturated carbocycles. The molecule has 2 aromatic carbocycles. The Hall–Kier alpha value is -3.02. The first-order valence-corrected chi connectivity index (χ1v) is 8.94. The van der Waals surface area contributed by atoms with Crippen molar-refractivity contribution in [1.82, 2.24) is 10.3 Å². The van der Waals surface area contributed by atoms with Gasteiger partial charge in [-0.15, -0.1) is 0 Å². The van der Waals surface area contributed by atoms with Gasteiger partial charge in [-0.1, -0.05) is 6.07 Å². The van der Waals surface area contributed by atoms with Crippen molar-refractivity contribution in [1.29, 1.82) is 0 Å². The summed E-state index contributed by atoms with van der Waals surface area (Å²) in [7, 11) is 0. The summed E-state index contributed by atoms with van der Waals surface area (Å²) >= 11 is 0. The number of pyridine rings is 1.